The molecule has 1 saturated carbocycles. The van der Waals surface area contributed by atoms with Gasteiger partial charge in [-0.2, -0.15) is 0 Å². The molecule has 1 fully saturated rings. The smallest absolute Gasteiger partial charge is 0.226 e. The minimum absolute atomic E-state index is 0.0450. The van der Waals surface area contributed by atoms with Gasteiger partial charge in [0, 0.05) is 26.4 Å². The molecule has 1 aliphatic carbocycles. The molecule has 4 heteroatoms. The number of hydrogen-bond donors (Lipinski definition) is 0. The molecule has 0 N–H and O–H groups in total. The van der Waals surface area contributed by atoms with E-state index in [4.69, 9.17) is 0 Å². The van der Waals surface area contributed by atoms with Crippen molar-refractivity contribution in [1.82, 2.24) is 9.80 Å². The summed E-state index contributed by atoms with van der Waals surface area (Å²) in [5, 5.41) is 0. The van der Waals surface area contributed by atoms with Crippen LogP contribution in [0.2, 0.25) is 0 Å². The lowest BCUT2D eigenvalue weighted by Gasteiger charge is -2.18. The molecule has 0 aliphatic heterocycles. The summed E-state index contributed by atoms with van der Waals surface area (Å²) in [6.07, 6.45) is 2.44. The van der Waals surface area contributed by atoms with E-state index in [1.165, 1.54) is 0 Å². The summed E-state index contributed by atoms with van der Waals surface area (Å²) in [5.74, 6) is 0.854. The zero-order valence-corrected chi connectivity index (χ0v) is 13.2. The molecule has 0 saturated heterocycles. The van der Waals surface area contributed by atoms with E-state index in [2.05, 4.69) is 13.8 Å². The molecule has 0 spiro atoms. The highest BCUT2D eigenvalue weighted by Crippen LogP contribution is 2.65. The van der Waals surface area contributed by atoms with Gasteiger partial charge in [0.05, 0.1) is 6.54 Å². The molecular weight excluding hydrogens is 240 g/mol. The van der Waals surface area contributed by atoms with Gasteiger partial charge < -0.3 is 9.80 Å². The monoisotopic (exact) mass is 268 g/mol. The largest absolute Gasteiger partial charge is 0.349 e. The molecular formula is C15H28N2O2. The topological polar surface area (TPSA) is 40.6 Å². The highest BCUT2D eigenvalue weighted by atomic mass is 16.2. The van der Waals surface area contributed by atoms with Gasteiger partial charge in [0.1, 0.15) is 5.78 Å². The maximum Gasteiger partial charge on any atom is 0.226 e. The molecule has 4 nitrogen and oxygen atoms in total. The van der Waals surface area contributed by atoms with Crippen molar-refractivity contribution in [3.05, 3.63) is 0 Å². The van der Waals surface area contributed by atoms with Gasteiger partial charge in [0.2, 0.25) is 5.91 Å². The van der Waals surface area contributed by atoms with Crippen LogP contribution in [0.15, 0.2) is 0 Å². The third-order valence-corrected chi connectivity index (χ3v) is 4.47. The minimum atomic E-state index is -0.0802. The van der Waals surface area contributed by atoms with Crippen molar-refractivity contribution in [3.8, 4) is 0 Å². The fourth-order valence-electron chi connectivity index (χ4n) is 3.54. The second-order valence-corrected chi connectivity index (χ2v) is 6.27. The number of hydrogen-bond acceptors (Lipinski definition) is 3. The third-order valence-electron chi connectivity index (χ3n) is 4.47. The lowest BCUT2D eigenvalue weighted by Crippen LogP contribution is -2.28. The van der Waals surface area contributed by atoms with Crippen molar-refractivity contribution in [1.29, 1.82) is 0 Å². The molecule has 0 bridgehead atoms. The Bertz CT molecular complexity index is 352. The lowest BCUT2D eigenvalue weighted by molar-refractivity contribution is -0.131. The first kappa shape index (κ1) is 16.2. The van der Waals surface area contributed by atoms with Crippen molar-refractivity contribution in [2.24, 2.45) is 17.3 Å². The van der Waals surface area contributed by atoms with Crippen LogP contribution in [0.3, 0.4) is 0 Å². The zero-order valence-electron chi connectivity index (χ0n) is 13.2. The maximum absolute atomic E-state index is 12.3. The van der Waals surface area contributed by atoms with Crippen molar-refractivity contribution in [3.63, 3.8) is 0 Å². The van der Waals surface area contributed by atoms with Crippen LogP contribution in [0.5, 0.6) is 0 Å². The van der Waals surface area contributed by atoms with E-state index >= 15 is 0 Å². The van der Waals surface area contributed by atoms with Crippen LogP contribution in [-0.2, 0) is 9.59 Å². The van der Waals surface area contributed by atoms with Gasteiger partial charge in [0.25, 0.3) is 0 Å². The van der Waals surface area contributed by atoms with Crippen LogP contribution < -0.4 is 0 Å². The zero-order chi connectivity index (χ0) is 14.8. The standard InChI is InChI=1S/C15H28N2O2/c1-7-12-13(14(19)17(5)6)15(12,8-2)9-11(18)10-16(3)4/h12-13H,7-10H2,1-6H3. The average Bonchev–Trinajstić information content (AvgIpc) is 2.94. The Hall–Kier alpha value is -0.900. The molecule has 19 heavy (non-hydrogen) atoms. The molecule has 110 valence electrons. The van der Waals surface area contributed by atoms with Gasteiger partial charge >= 0.3 is 0 Å². The second-order valence-electron chi connectivity index (χ2n) is 6.27. The second kappa shape index (κ2) is 6.04. The summed E-state index contributed by atoms with van der Waals surface area (Å²) < 4.78 is 0. The normalized spacial score (nSPS) is 29.4. The highest BCUT2D eigenvalue weighted by Gasteiger charge is 2.66. The van der Waals surface area contributed by atoms with Crippen molar-refractivity contribution >= 4 is 11.7 Å². The number of likely N-dealkylation sites (N-methyl/N-ethyl adjacent to an activating group) is 1. The Morgan fingerprint density at radius 2 is 1.68 bits per heavy atom. The molecule has 3 atom stereocenters. The molecule has 1 amide bonds. The molecule has 0 heterocycles. The van der Waals surface area contributed by atoms with Gasteiger partial charge in [-0.1, -0.05) is 20.3 Å². The van der Waals surface area contributed by atoms with E-state index in [1.807, 2.05) is 19.0 Å². The Morgan fingerprint density at radius 1 is 1.11 bits per heavy atom. The third kappa shape index (κ3) is 3.16. The molecule has 0 aromatic rings. The maximum atomic E-state index is 12.3. The van der Waals surface area contributed by atoms with Crippen LogP contribution in [-0.4, -0.2) is 56.2 Å². The van der Waals surface area contributed by atoms with Crippen molar-refractivity contribution in [2.75, 3.05) is 34.7 Å². The first-order valence-corrected chi connectivity index (χ1v) is 7.17. The van der Waals surface area contributed by atoms with E-state index in [0.717, 1.165) is 12.8 Å². The highest BCUT2D eigenvalue weighted by molar-refractivity contribution is 5.87. The summed E-state index contributed by atoms with van der Waals surface area (Å²) in [6.45, 7) is 4.70. The quantitative estimate of drug-likeness (QED) is 0.705. The Balaban J connectivity index is 2.80. The summed E-state index contributed by atoms with van der Waals surface area (Å²) in [4.78, 5) is 27.9. The van der Waals surface area contributed by atoms with E-state index < -0.39 is 0 Å². The first-order chi connectivity index (χ1) is 8.80. The number of nitrogens with zero attached hydrogens (tertiary/aromatic N) is 2. The van der Waals surface area contributed by atoms with Crippen LogP contribution in [0.25, 0.3) is 0 Å². The fourth-order valence-corrected chi connectivity index (χ4v) is 3.54. The summed E-state index contributed by atoms with van der Waals surface area (Å²) >= 11 is 0. The Morgan fingerprint density at radius 3 is 2.05 bits per heavy atom. The van der Waals surface area contributed by atoms with Gasteiger partial charge in [-0.05, 0) is 31.8 Å². The lowest BCUT2D eigenvalue weighted by atomic mass is 9.90. The van der Waals surface area contributed by atoms with Crippen LogP contribution in [0.1, 0.15) is 33.1 Å². The van der Waals surface area contributed by atoms with Gasteiger partial charge in [-0.25, -0.2) is 0 Å². The number of amides is 1. The minimum Gasteiger partial charge on any atom is -0.349 e. The van der Waals surface area contributed by atoms with Gasteiger partial charge in [-0.15, -0.1) is 0 Å². The van der Waals surface area contributed by atoms with Crippen molar-refractivity contribution < 1.29 is 9.59 Å². The van der Waals surface area contributed by atoms with E-state index in [0.29, 0.717) is 18.9 Å². The number of rotatable bonds is 7. The Kier molecular flexibility index (Phi) is 5.13. The van der Waals surface area contributed by atoms with Gasteiger partial charge in [-0.3, -0.25) is 9.59 Å². The molecule has 3 unspecified atom stereocenters. The predicted octanol–water partition coefficient (Wildman–Crippen LogP) is 1.65. The first-order valence-electron chi connectivity index (χ1n) is 7.17. The average molecular weight is 268 g/mol. The number of carbonyl (C=O) groups excluding carboxylic acids is 2. The van der Waals surface area contributed by atoms with Crippen LogP contribution >= 0.6 is 0 Å². The number of Topliss-reactive ketones (excluding diaryl/α,β-unsaturated/α-hetero) is 1. The van der Waals surface area contributed by atoms with E-state index in [9.17, 15) is 9.59 Å². The molecule has 0 aromatic heterocycles. The SMILES string of the molecule is CCC1C(C(=O)N(C)C)C1(CC)CC(=O)CN(C)C. The summed E-state index contributed by atoms with van der Waals surface area (Å²) in [7, 11) is 7.41. The number of carbonyl (C=O) groups is 2. The number of ketones is 1. The van der Waals surface area contributed by atoms with Crippen LogP contribution in [0.4, 0.5) is 0 Å². The molecule has 1 aliphatic rings. The van der Waals surface area contributed by atoms with Crippen LogP contribution in [0, 0.1) is 17.3 Å². The molecule has 1 rings (SSSR count). The molecule has 0 aromatic carbocycles. The van der Waals surface area contributed by atoms with Crippen molar-refractivity contribution in [2.45, 2.75) is 33.1 Å². The van der Waals surface area contributed by atoms with E-state index in [-0.39, 0.29) is 23.0 Å². The summed E-state index contributed by atoms with van der Waals surface area (Å²) in [6, 6.07) is 0. The molecule has 0 radical (unpaired) electrons. The fraction of sp³-hybridized carbons (Fsp3) is 0.867. The van der Waals surface area contributed by atoms with E-state index in [1.54, 1.807) is 19.0 Å². The van der Waals surface area contributed by atoms with Gasteiger partial charge in [0.15, 0.2) is 0 Å². The predicted molar refractivity (Wildman–Crippen MR) is 76.9 cm³/mol. The summed E-state index contributed by atoms with van der Waals surface area (Å²) in [5.41, 5.74) is -0.0802. The Labute approximate surface area is 117 Å².